The van der Waals surface area contributed by atoms with Gasteiger partial charge in [0.15, 0.2) is 6.61 Å². The third kappa shape index (κ3) is 8.08. The molecule has 0 radical (unpaired) electrons. The number of nitrogens with zero attached hydrogens (tertiary/aromatic N) is 1. The topological polar surface area (TPSA) is 165 Å². The number of esters is 1. The Morgan fingerprint density at radius 2 is 1.61 bits per heavy atom. The number of nitrogens with one attached hydrogen (secondary N) is 2. The molecule has 204 valence electrons. The second-order valence-corrected chi connectivity index (χ2v) is 10.6. The van der Waals surface area contributed by atoms with E-state index in [9.17, 15) is 32.0 Å². The number of carbonyl (C=O) groups excluding carboxylic acids is 4. The summed E-state index contributed by atoms with van der Waals surface area (Å²) in [7, 11) is -3.62. The smallest absolute Gasteiger partial charge is 0.329 e. The predicted molar refractivity (Wildman–Crippen MR) is 135 cm³/mol. The van der Waals surface area contributed by atoms with Crippen molar-refractivity contribution in [2.24, 2.45) is 5.73 Å². The third-order valence-corrected chi connectivity index (χ3v) is 7.72. The molecule has 1 heterocycles. The summed E-state index contributed by atoms with van der Waals surface area (Å²) in [5.41, 5.74) is 5.50. The van der Waals surface area contributed by atoms with Gasteiger partial charge in [0.25, 0.3) is 11.8 Å². The van der Waals surface area contributed by atoms with E-state index in [-0.39, 0.29) is 23.3 Å². The van der Waals surface area contributed by atoms with E-state index in [1.54, 1.807) is 0 Å². The Morgan fingerprint density at radius 1 is 0.974 bits per heavy atom. The molecular formula is C25H29FN4O7S. The van der Waals surface area contributed by atoms with Crippen molar-refractivity contribution < 1.29 is 36.7 Å². The fourth-order valence-corrected chi connectivity index (χ4v) is 5.29. The van der Waals surface area contributed by atoms with Gasteiger partial charge in [-0.05, 0) is 67.8 Å². The van der Waals surface area contributed by atoms with Crippen LogP contribution in [0.5, 0.6) is 0 Å². The Kier molecular flexibility index (Phi) is 9.91. The SMILES string of the molecule is NC(=O)CCC(NC(=O)c1ccc(F)cc1)C(=O)OCC(=O)Nc1ccc(S(=O)(=O)N2CCCCC2)cc1. The van der Waals surface area contributed by atoms with Crippen LogP contribution in [0, 0.1) is 5.82 Å². The summed E-state index contributed by atoms with van der Waals surface area (Å²) >= 11 is 0. The summed E-state index contributed by atoms with van der Waals surface area (Å²) < 4.78 is 45.0. The van der Waals surface area contributed by atoms with Crippen molar-refractivity contribution in [3.8, 4) is 0 Å². The molecule has 0 aromatic heterocycles. The molecule has 1 aliphatic rings. The van der Waals surface area contributed by atoms with Gasteiger partial charge in [0, 0.05) is 30.8 Å². The molecular weight excluding hydrogens is 519 g/mol. The monoisotopic (exact) mass is 548 g/mol. The van der Waals surface area contributed by atoms with Crippen LogP contribution < -0.4 is 16.4 Å². The molecule has 1 unspecified atom stereocenters. The van der Waals surface area contributed by atoms with E-state index in [0.29, 0.717) is 18.8 Å². The maximum Gasteiger partial charge on any atom is 0.329 e. The van der Waals surface area contributed by atoms with Gasteiger partial charge in [-0.1, -0.05) is 6.42 Å². The highest BCUT2D eigenvalue weighted by molar-refractivity contribution is 7.89. The Morgan fingerprint density at radius 3 is 2.21 bits per heavy atom. The van der Waals surface area contributed by atoms with Crippen LogP contribution >= 0.6 is 0 Å². The number of sulfonamides is 1. The molecule has 2 aromatic rings. The van der Waals surface area contributed by atoms with E-state index in [0.717, 1.165) is 31.4 Å². The average molecular weight is 549 g/mol. The number of ether oxygens (including phenoxy) is 1. The molecule has 1 saturated heterocycles. The van der Waals surface area contributed by atoms with E-state index in [4.69, 9.17) is 10.5 Å². The third-order valence-electron chi connectivity index (χ3n) is 5.81. The van der Waals surface area contributed by atoms with Crippen LogP contribution in [0.1, 0.15) is 42.5 Å². The lowest BCUT2D eigenvalue weighted by molar-refractivity contribution is -0.149. The van der Waals surface area contributed by atoms with E-state index >= 15 is 0 Å². The van der Waals surface area contributed by atoms with Gasteiger partial charge < -0.3 is 21.1 Å². The van der Waals surface area contributed by atoms with Gasteiger partial charge in [-0.15, -0.1) is 0 Å². The van der Waals surface area contributed by atoms with Gasteiger partial charge in [-0.3, -0.25) is 14.4 Å². The number of hydrogen-bond donors (Lipinski definition) is 3. The fourth-order valence-electron chi connectivity index (χ4n) is 3.78. The van der Waals surface area contributed by atoms with Crippen molar-refractivity contribution in [1.82, 2.24) is 9.62 Å². The zero-order valence-corrected chi connectivity index (χ0v) is 21.3. The van der Waals surface area contributed by atoms with E-state index in [1.807, 2.05) is 0 Å². The minimum absolute atomic E-state index is 0.0757. The summed E-state index contributed by atoms with van der Waals surface area (Å²) in [6.07, 6.45) is 2.21. The van der Waals surface area contributed by atoms with Gasteiger partial charge in [0.2, 0.25) is 15.9 Å². The zero-order valence-electron chi connectivity index (χ0n) is 20.5. The number of hydrogen-bond acceptors (Lipinski definition) is 7. The van der Waals surface area contributed by atoms with Crippen molar-refractivity contribution in [2.45, 2.75) is 43.0 Å². The first-order valence-corrected chi connectivity index (χ1v) is 13.4. The Hall–Kier alpha value is -3.84. The minimum atomic E-state index is -3.62. The number of nitrogens with two attached hydrogens (primary N) is 1. The van der Waals surface area contributed by atoms with Crippen molar-refractivity contribution >= 4 is 39.4 Å². The maximum atomic E-state index is 13.1. The van der Waals surface area contributed by atoms with Crippen LogP contribution in [-0.4, -0.2) is 62.2 Å². The van der Waals surface area contributed by atoms with Gasteiger partial charge in [-0.25, -0.2) is 17.6 Å². The number of piperidine rings is 1. The molecule has 3 rings (SSSR count). The molecule has 1 atom stereocenters. The van der Waals surface area contributed by atoms with Crippen LogP contribution in [0.3, 0.4) is 0 Å². The molecule has 0 aliphatic carbocycles. The lowest BCUT2D eigenvalue weighted by Gasteiger charge is -2.25. The largest absolute Gasteiger partial charge is 0.454 e. The van der Waals surface area contributed by atoms with Crippen LogP contribution in [-0.2, 0) is 29.1 Å². The predicted octanol–water partition coefficient (Wildman–Crippen LogP) is 1.55. The van der Waals surface area contributed by atoms with Crippen LogP contribution in [0.25, 0.3) is 0 Å². The van der Waals surface area contributed by atoms with Crippen molar-refractivity contribution in [3.63, 3.8) is 0 Å². The van der Waals surface area contributed by atoms with Crippen molar-refractivity contribution in [3.05, 3.63) is 59.9 Å². The number of primary amides is 1. The Labute approximate surface area is 219 Å². The van der Waals surface area contributed by atoms with Crippen molar-refractivity contribution in [1.29, 1.82) is 0 Å². The van der Waals surface area contributed by atoms with E-state index in [2.05, 4.69) is 10.6 Å². The molecule has 4 N–H and O–H groups in total. The summed E-state index contributed by atoms with van der Waals surface area (Å²) in [5, 5.41) is 4.89. The average Bonchev–Trinajstić information content (AvgIpc) is 2.90. The van der Waals surface area contributed by atoms with Crippen LogP contribution in [0.2, 0.25) is 0 Å². The maximum absolute atomic E-state index is 13.1. The quantitative estimate of drug-likeness (QED) is 0.358. The number of anilines is 1. The van der Waals surface area contributed by atoms with Crippen molar-refractivity contribution in [2.75, 3.05) is 25.0 Å². The molecule has 0 saturated carbocycles. The second-order valence-electron chi connectivity index (χ2n) is 8.68. The number of rotatable bonds is 11. The summed E-state index contributed by atoms with van der Waals surface area (Å²) in [6.45, 7) is 0.236. The molecule has 13 heteroatoms. The Balaban J connectivity index is 1.55. The number of amides is 3. The Bertz CT molecular complexity index is 1260. The number of benzene rings is 2. The van der Waals surface area contributed by atoms with E-state index < -0.39 is 52.2 Å². The highest BCUT2D eigenvalue weighted by Gasteiger charge is 2.26. The van der Waals surface area contributed by atoms with Gasteiger partial charge in [-0.2, -0.15) is 4.31 Å². The standard InChI is InChI=1S/C25H29FN4O7S/c26-18-6-4-17(5-7-18)24(33)29-21(12-13-22(27)31)25(34)37-16-23(32)28-19-8-10-20(11-9-19)38(35,36)30-14-2-1-3-15-30/h4-11,21H,1-3,12-16H2,(H2,27,31)(H,28,32)(H,29,33). The molecule has 1 aliphatic heterocycles. The first kappa shape index (κ1) is 28.7. The summed E-state index contributed by atoms with van der Waals surface area (Å²) in [6, 6.07) is 8.93. The molecule has 11 nitrogen and oxygen atoms in total. The van der Waals surface area contributed by atoms with Crippen LogP contribution in [0.15, 0.2) is 53.4 Å². The van der Waals surface area contributed by atoms with E-state index in [1.165, 1.54) is 40.7 Å². The van der Waals surface area contributed by atoms with Gasteiger partial charge >= 0.3 is 5.97 Å². The molecule has 38 heavy (non-hydrogen) atoms. The first-order valence-electron chi connectivity index (χ1n) is 12.0. The van der Waals surface area contributed by atoms with Gasteiger partial charge in [0.05, 0.1) is 4.90 Å². The molecule has 2 aromatic carbocycles. The molecule has 3 amide bonds. The second kappa shape index (κ2) is 13.1. The highest BCUT2D eigenvalue weighted by Crippen LogP contribution is 2.22. The van der Waals surface area contributed by atoms with Gasteiger partial charge in [0.1, 0.15) is 11.9 Å². The first-order chi connectivity index (χ1) is 18.1. The molecule has 0 bridgehead atoms. The number of halogens is 1. The van der Waals surface area contributed by atoms with Crippen LogP contribution in [0.4, 0.5) is 10.1 Å². The highest BCUT2D eigenvalue weighted by atomic mass is 32.2. The summed E-state index contributed by atoms with van der Waals surface area (Å²) in [4.78, 5) is 48.5. The molecule has 1 fully saturated rings. The number of carbonyl (C=O) groups is 4. The minimum Gasteiger partial charge on any atom is -0.454 e. The normalized spacial score (nSPS) is 14.8. The molecule has 0 spiro atoms. The lowest BCUT2D eigenvalue weighted by Crippen LogP contribution is -2.43. The summed E-state index contributed by atoms with van der Waals surface area (Å²) in [5.74, 6) is -3.64. The fraction of sp³-hybridized carbons (Fsp3) is 0.360. The lowest BCUT2D eigenvalue weighted by atomic mass is 10.1. The zero-order chi connectivity index (χ0) is 27.7.